The number of carbonyl (C=O) groups is 2. The van der Waals surface area contributed by atoms with E-state index in [9.17, 15) is 9.59 Å². The van der Waals surface area contributed by atoms with Crippen LogP contribution in [0.1, 0.15) is 0 Å². The maximum Gasteiger partial charge on any atom is 0.340 e. The number of benzene rings is 1. The van der Waals surface area contributed by atoms with E-state index >= 15 is 0 Å². The fourth-order valence-corrected chi connectivity index (χ4v) is 3.46. The van der Waals surface area contributed by atoms with Crippen LogP contribution in [-0.4, -0.2) is 39.2 Å². The molecule has 0 spiro atoms. The van der Waals surface area contributed by atoms with Crippen molar-refractivity contribution >= 4 is 35.3 Å². The number of anilines is 2. The summed E-state index contributed by atoms with van der Waals surface area (Å²) in [6.07, 6.45) is 3.23. The first kappa shape index (κ1) is 17.0. The molecule has 3 heterocycles. The number of amides is 2. The number of hydrazine groups is 1. The monoisotopic (exact) mass is 382 g/mol. The summed E-state index contributed by atoms with van der Waals surface area (Å²) < 4.78 is 5.05. The SMILES string of the molecule is O=C(CN1C(=O)CSc2ccccc21)NNc1nc(-c2ccncc2)no1. The first-order valence-corrected chi connectivity index (χ1v) is 9.00. The Hall–Kier alpha value is -3.40. The number of nitrogens with one attached hydrogen (secondary N) is 2. The Labute approximate surface area is 158 Å². The van der Waals surface area contributed by atoms with Gasteiger partial charge in [0.05, 0.1) is 11.4 Å². The van der Waals surface area contributed by atoms with Crippen molar-refractivity contribution in [2.45, 2.75) is 4.90 Å². The summed E-state index contributed by atoms with van der Waals surface area (Å²) in [4.78, 5) is 34.9. The van der Waals surface area contributed by atoms with E-state index in [0.29, 0.717) is 11.6 Å². The van der Waals surface area contributed by atoms with Crippen molar-refractivity contribution < 1.29 is 14.1 Å². The van der Waals surface area contributed by atoms with E-state index in [0.717, 1.165) is 16.1 Å². The molecule has 3 aromatic rings. The van der Waals surface area contributed by atoms with Gasteiger partial charge in [0, 0.05) is 22.9 Å². The highest BCUT2D eigenvalue weighted by atomic mass is 32.2. The third-order valence-electron chi connectivity index (χ3n) is 3.78. The van der Waals surface area contributed by atoms with E-state index < -0.39 is 5.91 Å². The van der Waals surface area contributed by atoms with Crippen molar-refractivity contribution in [3.8, 4) is 11.4 Å². The zero-order chi connectivity index (χ0) is 18.6. The Morgan fingerprint density at radius 2 is 2.04 bits per heavy atom. The summed E-state index contributed by atoms with van der Waals surface area (Å²) in [6.45, 7) is -0.116. The summed E-state index contributed by atoms with van der Waals surface area (Å²) in [5.74, 6) is 0.142. The topological polar surface area (TPSA) is 113 Å². The predicted octanol–water partition coefficient (Wildman–Crippen LogP) is 1.71. The molecule has 0 unspecified atom stereocenters. The largest absolute Gasteiger partial charge is 0.340 e. The number of hydrogen-bond donors (Lipinski definition) is 2. The van der Waals surface area contributed by atoms with Gasteiger partial charge in [-0.15, -0.1) is 11.8 Å². The smallest absolute Gasteiger partial charge is 0.313 e. The van der Waals surface area contributed by atoms with Gasteiger partial charge in [-0.2, -0.15) is 4.98 Å². The minimum Gasteiger partial charge on any atom is -0.313 e. The van der Waals surface area contributed by atoms with Gasteiger partial charge in [0.1, 0.15) is 6.54 Å². The standard InChI is InChI=1S/C17H14N6O3S/c24-14(9-23-12-3-1-2-4-13(12)27-10-15(23)25)20-21-17-19-16(22-26-17)11-5-7-18-8-6-11/h1-8H,9-10H2,(H,20,24)(H,19,21,22). The van der Waals surface area contributed by atoms with Crippen molar-refractivity contribution in [2.75, 3.05) is 22.6 Å². The van der Waals surface area contributed by atoms with Crippen molar-refractivity contribution in [3.05, 3.63) is 48.8 Å². The first-order valence-electron chi connectivity index (χ1n) is 8.02. The van der Waals surface area contributed by atoms with Gasteiger partial charge < -0.3 is 9.42 Å². The molecule has 4 rings (SSSR count). The molecule has 1 aliphatic heterocycles. The lowest BCUT2D eigenvalue weighted by atomic mass is 10.2. The molecule has 9 nitrogen and oxygen atoms in total. The zero-order valence-corrected chi connectivity index (χ0v) is 14.8. The van der Waals surface area contributed by atoms with Gasteiger partial charge in [-0.25, -0.2) is 5.43 Å². The Morgan fingerprint density at radius 1 is 1.22 bits per heavy atom. The summed E-state index contributed by atoms with van der Waals surface area (Å²) in [5, 5.41) is 3.83. The number of fused-ring (bicyclic) bond motifs is 1. The van der Waals surface area contributed by atoms with Crippen molar-refractivity contribution in [1.82, 2.24) is 20.6 Å². The molecule has 2 N–H and O–H groups in total. The fraction of sp³-hybridized carbons (Fsp3) is 0.118. The van der Waals surface area contributed by atoms with Crippen LogP contribution in [0.25, 0.3) is 11.4 Å². The molecule has 0 fully saturated rings. The summed E-state index contributed by atoms with van der Waals surface area (Å²) in [6, 6.07) is 11.0. The van der Waals surface area contributed by atoms with Gasteiger partial charge in [0.2, 0.25) is 11.7 Å². The van der Waals surface area contributed by atoms with E-state index in [2.05, 4.69) is 26.0 Å². The number of nitrogens with zero attached hydrogens (tertiary/aromatic N) is 4. The molecule has 0 bridgehead atoms. The fourth-order valence-electron chi connectivity index (χ4n) is 2.53. The van der Waals surface area contributed by atoms with E-state index in [1.54, 1.807) is 24.5 Å². The maximum atomic E-state index is 12.2. The normalized spacial score (nSPS) is 13.2. The van der Waals surface area contributed by atoms with Crippen LogP contribution in [0.4, 0.5) is 11.7 Å². The van der Waals surface area contributed by atoms with Crippen molar-refractivity contribution in [1.29, 1.82) is 0 Å². The third-order valence-corrected chi connectivity index (χ3v) is 4.83. The summed E-state index contributed by atoms with van der Waals surface area (Å²) in [5.41, 5.74) is 6.49. The average molecular weight is 382 g/mol. The quantitative estimate of drug-likeness (QED) is 0.641. The molecule has 1 aliphatic rings. The summed E-state index contributed by atoms with van der Waals surface area (Å²) >= 11 is 1.46. The van der Waals surface area contributed by atoms with Crippen LogP contribution in [0, 0.1) is 0 Å². The number of carbonyl (C=O) groups excluding carboxylic acids is 2. The molecule has 0 saturated heterocycles. The zero-order valence-electron chi connectivity index (χ0n) is 14.0. The maximum absolute atomic E-state index is 12.2. The molecular formula is C17H14N6O3S. The van der Waals surface area contributed by atoms with E-state index in [4.69, 9.17) is 4.52 Å². The molecule has 1 aromatic carbocycles. The molecular weight excluding hydrogens is 368 g/mol. The molecule has 2 amide bonds. The lowest BCUT2D eigenvalue weighted by molar-refractivity contribution is -0.122. The second kappa shape index (κ2) is 7.46. The van der Waals surface area contributed by atoms with Crippen LogP contribution < -0.4 is 15.8 Å². The molecule has 0 aliphatic carbocycles. The molecule has 0 atom stereocenters. The van der Waals surface area contributed by atoms with Gasteiger partial charge in [-0.3, -0.25) is 20.0 Å². The Morgan fingerprint density at radius 3 is 2.89 bits per heavy atom. The van der Waals surface area contributed by atoms with Crippen LogP contribution in [-0.2, 0) is 9.59 Å². The van der Waals surface area contributed by atoms with Crippen LogP contribution in [0.2, 0.25) is 0 Å². The van der Waals surface area contributed by atoms with E-state index in [1.165, 1.54) is 16.7 Å². The number of hydrogen-bond acceptors (Lipinski definition) is 8. The van der Waals surface area contributed by atoms with Crippen LogP contribution in [0.3, 0.4) is 0 Å². The average Bonchev–Trinajstić information content (AvgIpc) is 3.18. The van der Waals surface area contributed by atoms with Gasteiger partial charge >= 0.3 is 6.01 Å². The van der Waals surface area contributed by atoms with Crippen molar-refractivity contribution in [2.24, 2.45) is 0 Å². The highest BCUT2D eigenvalue weighted by Crippen LogP contribution is 2.34. The van der Waals surface area contributed by atoms with Gasteiger partial charge in [0.15, 0.2) is 0 Å². The minimum absolute atomic E-state index is 0.0380. The minimum atomic E-state index is -0.409. The number of aromatic nitrogens is 3. The third kappa shape index (κ3) is 3.75. The van der Waals surface area contributed by atoms with Gasteiger partial charge in [-0.05, 0) is 24.3 Å². The Bertz CT molecular complexity index is 978. The van der Waals surface area contributed by atoms with Crippen LogP contribution in [0.15, 0.2) is 58.2 Å². The second-order valence-electron chi connectivity index (χ2n) is 5.57. The molecule has 10 heteroatoms. The summed E-state index contributed by atoms with van der Waals surface area (Å²) in [7, 11) is 0. The highest BCUT2D eigenvalue weighted by molar-refractivity contribution is 8.00. The molecule has 0 radical (unpaired) electrons. The lowest BCUT2D eigenvalue weighted by Gasteiger charge is -2.28. The second-order valence-corrected chi connectivity index (χ2v) is 6.59. The first-order chi connectivity index (χ1) is 13.2. The number of pyridine rings is 1. The van der Waals surface area contributed by atoms with E-state index in [-0.39, 0.29) is 18.5 Å². The Kier molecular flexibility index (Phi) is 4.71. The molecule has 2 aromatic heterocycles. The van der Waals surface area contributed by atoms with Gasteiger partial charge in [-0.1, -0.05) is 17.3 Å². The van der Waals surface area contributed by atoms with Crippen LogP contribution >= 0.6 is 11.8 Å². The molecule has 0 saturated carbocycles. The van der Waals surface area contributed by atoms with Crippen molar-refractivity contribution in [3.63, 3.8) is 0 Å². The Balaban J connectivity index is 1.38. The van der Waals surface area contributed by atoms with Gasteiger partial charge in [0.25, 0.3) is 5.91 Å². The number of para-hydroxylation sites is 1. The lowest BCUT2D eigenvalue weighted by Crippen LogP contribution is -2.44. The number of rotatable bonds is 5. The molecule has 27 heavy (non-hydrogen) atoms. The number of thioether (sulfide) groups is 1. The van der Waals surface area contributed by atoms with E-state index in [1.807, 2.05) is 24.3 Å². The highest BCUT2D eigenvalue weighted by Gasteiger charge is 2.26. The van der Waals surface area contributed by atoms with Crippen LogP contribution in [0.5, 0.6) is 0 Å². The predicted molar refractivity (Wildman–Crippen MR) is 98.8 cm³/mol. The molecule has 136 valence electrons.